The number of hydrogen-bond acceptors (Lipinski definition) is 4. The molecule has 1 N–H and O–H groups in total. The molecule has 2 aliphatic carbocycles. The van der Waals surface area contributed by atoms with Gasteiger partial charge in [0.25, 0.3) is 0 Å². The lowest BCUT2D eigenvalue weighted by Crippen LogP contribution is -2.20. The summed E-state index contributed by atoms with van der Waals surface area (Å²) in [6.07, 6.45) is 9.06. The number of halogens is 1. The van der Waals surface area contributed by atoms with E-state index in [0.29, 0.717) is 6.04 Å². The number of nitrogens with one attached hydrogen (secondary N) is 1. The van der Waals surface area contributed by atoms with Crippen molar-refractivity contribution in [3.05, 3.63) is 76.8 Å². The number of benzene rings is 2. The van der Waals surface area contributed by atoms with Crippen LogP contribution in [0.25, 0.3) is 22.4 Å². The molecule has 0 saturated carbocycles. The van der Waals surface area contributed by atoms with E-state index in [2.05, 4.69) is 87.1 Å². The molecule has 5 rings (SSSR count). The van der Waals surface area contributed by atoms with E-state index in [-0.39, 0.29) is 6.04 Å². The molecular formula is C26H26BrN5. The summed E-state index contributed by atoms with van der Waals surface area (Å²) in [6, 6.07) is 17.2. The highest BCUT2D eigenvalue weighted by molar-refractivity contribution is 9.11. The van der Waals surface area contributed by atoms with Crippen LogP contribution in [0.5, 0.6) is 0 Å². The van der Waals surface area contributed by atoms with Crippen LogP contribution in [-0.4, -0.2) is 20.6 Å². The van der Waals surface area contributed by atoms with Crippen molar-refractivity contribution in [1.82, 2.24) is 14.5 Å². The lowest BCUT2D eigenvalue weighted by atomic mass is 9.99. The van der Waals surface area contributed by atoms with E-state index in [1.807, 2.05) is 18.3 Å². The zero-order valence-corrected chi connectivity index (χ0v) is 19.9. The summed E-state index contributed by atoms with van der Waals surface area (Å²) in [5.41, 5.74) is 6.14. The third-order valence-electron chi connectivity index (χ3n) is 5.77. The molecule has 162 valence electrons. The minimum absolute atomic E-state index is 0.178. The van der Waals surface area contributed by atoms with Crippen LogP contribution >= 0.6 is 15.9 Å². The van der Waals surface area contributed by atoms with Crippen LogP contribution in [-0.2, 0) is 0 Å². The maximum atomic E-state index is 5.03. The SMILES string of the molecule is CC(C)N=c1cc2n(C3CC=C(Br)CC3)c3ccccc3nc-2cc1Nc1cccnc1. The second-order valence-corrected chi connectivity index (χ2v) is 9.52. The molecule has 0 saturated heterocycles. The fourth-order valence-corrected chi connectivity index (χ4v) is 4.78. The van der Waals surface area contributed by atoms with Crippen LogP contribution in [0, 0.1) is 0 Å². The molecule has 0 fully saturated rings. The first-order valence-corrected chi connectivity index (χ1v) is 11.9. The van der Waals surface area contributed by atoms with Gasteiger partial charge in [-0.1, -0.05) is 34.1 Å². The maximum Gasteiger partial charge on any atom is 0.0897 e. The van der Waals surface area contributed by atoms with Gasteiger partial charge in [0.2, 0.25) is 0 Å². The van der Waals surface area contributed by atoms with E-state index in [9.17, 15) is 0 Å². The van der Waals surface area contributed by atoms with E-state index < -0.39 is 0 Å². The first kappa shape index (κ1) is 20.9. The number of hydrogen-bond donors (Lipinski definition) is 1. The molecule has 0 spiro atoms. The Morgan fingerprint density at radius 1 is 1.16 bits per heavy atom. The quantitative estimate of drug-likeness (QED) is 0.330. The topological polar surface area (TPSA) is 55.1 Å². The molecule has 0 radical (unpaired) electrons. The summed E-state index contributed by atoms with van der Waals surface area (Å²) in [4.78, 5) is 14.2. The highest BCUT2D eigenvalue weighted by atomic mass is 79.9. The minimum atomic E-state index is 0.178. The molecule has 1 unspecified atom stereocenters. The van der Waals surface area contributed by atoms with Crippen LogP contribution in [0.1, 0.15) is 39.2 Å². The van der Waals surface area contributed by atoms with Gasteiger partial charge in [0.15, 0.2) is 0 Å². The highest BCUT2D eigenvalue weighted by Gasteiger charge is 2.22. The first-order valence-electron chi connectivity index (χ1n) is 11.1. The van der Waals surface area contributed by atoms with Crippen LogP contribution < -0.4 is 10.7 Å². The Kier molecular flexibility index (Phi) is 5.79. The number of rotatable bonds is 4. The Labute approximate surface area is 196 Å². The largest absolute Gasteiger partial charge is 0.352 e. The van der Waals surface area contributed by atoms with Gasteiger partial charge < -0.3 is 9.88 Å². The van der Waals surface area contributed by atoms with Gasteiger partial charge in [-0.25, -0.2) is 4.98 Å². The summed E-state index contributed by atoms with van der Waals surface area (Å²) >= 11 is 3.68. The molecule has 1 atom stereocenters. The summed E-state index contributed by atoms with van der Waals surface area (Å²) in [7, 11) is 0. The van der Waals surface area contributed by atoms with Crippen molar-refractivity contribution in [2.24, 2.45) is 4.99 Å². The van der Waals surface area contributed by atoms with Crippen LogP contribution in [0.15, 0.2) is 76.5 Å². The zero-order chi connectivity index (χ0) is 22.1. The number of anilines is 2. The fourth-order valence-electron chi connectivity index (χ4n) is 4.36. The zero-order valence-electron chi connectivity index (χ0n) is 18.3. The van der Waals surface area contributed by atoms with E-state index in [4.69, 9.17) is 9.98 Å². The molecule has 0 amide bonds. The van der Waals surface area contributed by atoms with E-state index in [1.54, 1.807) is 6.20 Å². The molecule has 6 heteroatoms. The van der Waals surface area contributed by atoms with Crippen molar-refractivity contribution in [2.75, 3.05) is 5.32 Å². The number of allylic oxidation sites excluding steroid dienone is 2. The highest BCUT2D eigenvalue weighted by Crippen LogP contribution is 2.37. The average Bonchev–Trinajstić information content (AvgIpc) is 2.79. The van der Waals surface area contributed by atoms with Crippen molar-refractivity contribution in [3.63, 3.8) is 0 Å². The molecule has 1 aliphatic heterocycles. The van der Waals surface area contributed by atoms with Gasteiger partial charge in [-0.3, -0.25) is 9.98 Å². The number of nitrogens with zero attached hydrogens (tertiary/aromatic N) is 4. The Morgan fingerprint density at radius 2 is 2.03 bits per heavy atom. The summed E-state index contributed by atoms with van der Waals surface area (Å²) in [5, 5.41) is 4.44. The molecule has 2 heterocycles. The summed E-state index contributed by atoms with van der Waals surface area (Å²) < 4.78 is 3.77. The number of aromatic nitrogens is 3. The third kappa shape index (κ3) is 4.19. The van der Waals surface area contributed by atoms with Crippen molar-refractivity contribution in [2.45, 2.75) is 45.2 Å². The van der Waals surface area contributed by atoms with Gasteiger partial charge in [-0.15, -0.1) is 0 Å². The average molecular weight is 488 g/mol. The van der Waals surface area contributed by atoms with Gasteiger partial charge in [-0.2, -0.15) is 0 Å². The van der Waals surface area contributed by atoms with Crippen molar-refractivity contribution in [3.8, 4) is 11.4 Å². The Bertz CT molecular complexity index is 1320. The van der Waals surface area contributed by atoms with Crippen LogP contribution in [0.3, 0.4) is 0 Å². The molecule has 1 aromatic carbocycles. The van der Waals surface area contributed by atoms with Crippen LogP contribution in [0.4, 0.5) is 11.4 Å². The van der Waals surface area contributed by atoms with Crippen LogP contribution in [0.2, 0.25) is 0 Å². The van der Waals surface area contributed by atoms with Crippen molar-refractivity contribution >= 4 is 38.3 Å². The van der Waals surface area contributed by atoms with Gasteiger partial charge in [0.1, 0.15) is 0 Å². The van der Waals surface area contributed by atoms with E-state index in [0.717, 1.165) is 52.9 Å². The Balaban J connectivity index is 1.76. The molecule has 1 aromatic heterocycles. The lowest BCUT2D eigenvalue weighted by molar-refractivity contribution is 0.472. The van der Waals surface area contributed by atoms with Gasteiger partial charge in [0, 0.05) is 18.3 Å². The minimum Gasteiger partial charge on any atom is -0.352 e. The summed E-state index contributed by atoms with van der Waals surface area (Å²) in [5.74, 6) is 0. The number of pyridine rings is 1. The predicted octanol–water partition coefficient (Wildman–Crippen LogP) is 6.59. The molecule has 32 heavy (non-hydrogen) atoms. The monoisotopic (exact) mass is 487 g/mol. The number of para-hydroxylation sites is 2. The lowest BCUT2D eigenvalue weighted by Gasteiger charge is -2.29. The van der Waals surface area contributed by atoms with E-state index >= 15 is 0 Å². The number of fused-ring (bicyclic) bond motifs is 2. The molecule has 5 nitrogen and oxygen atoms in total. The second-order valence-electron chi connectivity index (χ2n) is 8.50. The first-order chi connectivity index (χ1) is 15.6. The fraction of sp³-hybridized carbons (Fsp3) is 0.269. The van der Waals surface area contributed by atoms with Gasteiger partial charge in [0.05, 0.1) is 45.4 Å². The smallest absolute Gasteiger partial charge is 0.0897 e. The second kappa shape index (κ2) is 8.87. The maximum absolute atomic E-state index is 5.03. The summed E-state index contributed by atoms with van der Waals surface area (Å²) in [6.45, 7) is 4.21. The standard InChI is InChI=1S/C26H26BrN5/c1-17(2)29-23-15-26-24(14-22(23)30-19-6-5-13-28-16-19)31-21-7-3-4-8-25(21)32(26)20-11-9-18(27)10-12-20/h3-9,13-17,20,30H,10-12H2,1-2H3. The van der Waals surface area contributed by atoms with Gasteiger partial charge in [-0.05, 0) is 74.0 Å². The molecular weight excluding hydrogens is 462 g/mol. The normalized spacial score (nSPS) is 17.2. The van der Waals surface area contributed by atoms with Crippen molar-refractivity contribution in [1.29, 1.82) is 0 Å². The Morgan fingerprint density at radius 3 is 2.78 bits per heavy atom. The van der Waals surface area contributed by atoms with Gasteiger partial charge >= 0.3 is 0 Å². The van der Waals surface area contributed by atoms with E-state index in [1.165, 1.54) is 10.00 Å². The predicted molar refractivity (Wildman–Crippen MR) is 134 cm³/mol. The third-order valence-corrected chi connectivity index (χ3v) is 6.49. The molecule has 0 bridgehead atoms. The molecule has 3 aliphatic rings. The Hall–Kier alpha value is -2.99. The van der Waals surface area contributed by atoms with Crippen molar-refractivity contribution < 1.29 is 0 Å². The molecule has 2 aromatic rings.